The molecule has 3 heterocycles. The third kappa shape index (κ3) is 3.28. The van der Waals surface area contributed by atoms with Crippen LogP contribution in [0.5, 0.6) is 11.6 Å². The number of furan rings is 1. The monoisotopic (exact) mass is 412 g/mol. The number of benzene rings is 1. The molecule has 1 saturated heterocycles. The molecule has 8 nitrogen and oxygen atoms in total. The van der Waals surface area contributed by atoms with Crippen molar-refractivity contribution in [2.45, 2.75) is 25.4 Å². The van der Waals surface area contributed by atoms with E-state index in [0.29, 0.717) is 59.1 Å². The molecule has 0 spiro atoms. The van der Waals surface area contributed by atoms with Crippen LogP contribution in [-0.2, 0) is 16.8 Å². The maximum atomic E-state index is 12.2. The van der Waals surface area contributed by atoms with Crippen LogP contribution >= 0.6 is 0 Å². The highest BCUT2D eigenvalue weighted by Gasteiger charge is 2.41. The summed E-state index contributed by atoms with van der Waals surface area (Å²) in [6.07, 6.45) is 2.22. The summed E-state index contributed by atoms with van der Waals surface area (Å²) >= 11 is 0. The highest BCUT2D eigenvalue weighted by Crippen LogP contribution is 2.45. The van der Waals surface area contributed by atoms with Gasteiger partial charge in [0, 0.05) is 29.2 Å². The summed E-state index contributed by atoms with van der Waals surface area (Å²) in [5, 5.41) is 10.9. The van der Waals surface area contributed by atoms with E-state index in [2.05, 4.69) is 4.98 Å². The maximum absolute atomic E-state index is 12.2. The number of nitrogens with two attached hydrogens (primary N) is 1. The molecule has 158 valence electrons. The zero-order chi connectivity index (χ0) is 21.3. The molecule has 0 saturated carbocycles. The summed E-state index contributed by atoms with van der Waals surface area (Å²) in [6, 6.07) is 7.19. The van der Waals surface area contributed by atoms with E-state index in [1.54, 1.807) is 38.4 Å². The molecule has 0 aliphatic carbocycles. The molecule has 1 amide bonds. The van der Waals surface area contributed by atoms with Crippen molar-refractivity contribution in [3.63, 3.8) is 0 Å². The van der Waals surface area contributed by atoms with Gasteiger partial charge in [0.2, 0.25) is 5.88 Å². The number of carbonyl (C=O) groups is 1. The Labute approximate surface area is 173 Å². The molecule has 30 heavy (non-hydrogen) atoms. The zero-order valence-corrected chi connectivity index (χ0v) is 16.9. The average molecular weight is 412 g/mol. The Morgan fingerprint density at radius 2 is 2.20 bits per heavy atom. The van der Waals surface area contributed by atoms with Gasteiger partial charge in [0.25, 0.3) is 5.91 Å². The first-order chi connectivity index (χ1) is 14.5. The van der Waals surface area contributed by atoms with Gasteiger partial charge in [0.1, 0.15) is 23.7 Å². The van der Waals surface area contributed by atoms with E-state index in [4.69, 9.17) is 24.4 Å². The quantitative estimate of drug-likeness (QED) is 0.612. The van der Waals surface area contributed by atoms with E-state index in [1.807, 2.05) is 6.07 Å². The number of aliphatic hydroxyl groups is 1. The van der Waals surface area contributed by atoms with E-state index in [0.717, 1.165) is 5.56 Å². The van der Waals surface area contributed by atoms with E-state index in [1.165, 1.54) is 0 Å². The maximum Gasteiger partial charge on any atom is 0.252 e. The summed E-state index contributed by atoms with van der Waals surface area (Å²) in [4.78, 5) is 16.4. The first-order valence-corrected chi connectivity index (χ1v) is 9.66. The molecule has 0 bridgehead atoms. The number of hydrogen-bond donors (Lipinski definition) is 2. The lowest BCUT2D eigenvalue weighted by molar-refractivity contribution is 0.0999. The third-order valence-corrected chi connectivity index (χ3v) is 5.60. The van der Waals surface area contributed by atoms with Crippen molar-refractivity contribution in [2.75, 3.05) is 26.9 Å². The number of aryl methyl sites for hydroxylation is 1. The van der Waals surface area contributed by atoms with Gasteiger partial charge >= 0.3 is 0 Å². The van der Waals surface area contributed by atoms with Crippen molar-refractivity contribution in [1.29, 1.82) is 0 Å². The minimum absolute atomic E-state index is 0.166. The topological polar surface area (TPSA) is 117 Å². The number of ether oxygens (including phenoxy) is 3. The van der Waals surface area contributed by atoms with Crippen molar-refractivity contribution in [2.24, 2.45) is 5.73 Å². The second kappa shape index (κ2) is 7.97. The number of carbonyl (C=O) groups excluding carboxylic acids is 1. The number of methoxy groups -OCH3 is 1. The van der Waals surface area contributed by atoms with Crippen LogP contribution in [0, 0.1) is 6.92 Å². The molecule has 8 heteroatoms. The fraction of sp³-hybridized carbons (Fsp3) is 0.364. The third-order valence-electron chi connectivity index (χ3n) is 5.60. The molecule has 2 aromatic heterocycles. The lowest BCUT2D eigenvalue weighted by atomic mass is 9.77. The molecule has 3 aromatic rings. The van der Waals surface area contributed by atoms with Gasteiger partial charge in [-0.3, -0.25) is 4.79 Å². The van der Waals surface area contributed by atoms with Crippen molar-refractivity contribution in [3.05, 3.63) is 52.9 Å². The number of rotatable bonds is 7. The highest BCUT2D eigenvalue weighted by atomic mass is 16.5. The number of amides is 1. The summed E-state index contributed by atoms with van der Waals surface area (Å²) < 4.78 is 22.9. The molecular formula is C22H24N2O6. The number of hydrogen-bond acceptors (Lipinski definition) is 7. The van der Waals surface area contributed by atoms with Crippen molar-refractivity contribution < 1.29 is 28.5 Å². The number of fused-ring (bicyclic) bond motifs is 1. The van der Waals surface area contributed by atoms with Crippen molar-refractivity contribution >= 4 is 16.9 Å². The Balaban J connectivity index is 1.88. The lowest BCUT2D eigenvalue weighted by Crippen LogP contribution is -2.32. The van der Waals surface area contributed by atoms with E-state index in [9.17, 15) is 9.90 Å². The first-order valence-electron chi connectivity index (χ1n) is 9.66. The van der Waals surface area contributed by atoms with Crippen LogP contribution in [0.1, 0.15) is 33.7 Å². The fourth-order valence-electron chi connectivity index (χ4n) is 4.11. The molecular weight excluding hydrogens is 388 g/mol. The molecule has 1 aliphatic rings. The van der Waals surface area contributed by atoms with E-state index < -0.39 is 11.3 Å². The van der Waals surface area contributed by atoms with Crippen LogP contribution in [0.2, 0.25) is 0 Å². The molecule has 1 aromatic carbocycles. The number of pyridine rings is 1. The van der Waals surface area contributed by atoms with E-state index in [-0.39, 0.29) is 13.2 Å². The van der Waals surface area contributed by atoms with Gasteiger partial charge in [0.15, 0.2) is 0 Å². The normalized spacial score (nSPS) is 18.6. The van der Waals surface area contributed by atoms with Crippen molar-refractivity contribution in [1.82, 2.24) is 4.98 Å². The van der Waals surface area contributed by atoms with Crippen LogP contribution in [0.25, 0.3) is 11.0 Å². The Bertz CT molecular complexity index is 1080. The minimum Gasteiger partial charge on any atom is -0.488 e. The van der Waals surface area contributed by atoms with Gasteiger partial charge in [0.05, 0.1) is 31.5 Å². The predicted octanol–water partition coefficient (Wildman–Crippen LogP) is 2.47. The molecule has 1 aliphatic heterocycles. The Hall–Kier alpha value is -3.10. The average Bonchev–Trinajstić information content (AvgIpc) is 3.36. The summed E-state index contributed by atoms with van der Waals surface area (Å²) in [5.74, 6) is 0.830. The fourth-order valence-corrected chi connectivity index (χ4v) is 4.11. The van der Waals surface area contributed by atoms with Gasteiger partial charge in [-0.25, -0.2) is 4.98 Å². The van der Waals surface area contributed by atoms with Crippen LogP contribution in [0.4, 0.5) is 0 Å². The molecule has 1 atom stereocenters. The summed E-state index contributed by atoms with van der Waals surface area (Å²) in [7, 11) is 1.55. The molecule has 1 fully saturated rings. The lowest BCUT2D eigenvalue weighted by Gasteiger charge is -2.28. The molecule has 3 N–H and O–H groups in total. The van der Waals surface area contributed by atoms with Gasteiger partial charge in [-0.15, -0.1) is 0 Å². The predicted molar refractivity (Wildman–Crippen MR) is 109 cm³/mol. The first kappa shape index (κ1) is 20.2. The molecule has 1 unspecified atom stereocenters. The number of nitrogens with zero attached hydrogens (tertiary/aromatic N) is 1. The van der Waals surface area contributed by atoms with Crippen LogP contribution < -0.4 is 15.2 Å². The number of aromatic nitrogens is 1. The summed E-state index contributed by atoms with van der Waals surface area (Å²) in [6.45, 7) is 2.52. The summed E-state index contributed by atoms with van der Waals surface area (Å²) in [5.41, 5.74) is 7.20. The van der Waals surface area contributed by atoms with Gasteiger partial charge in [-0.2, -0.15) is 0 Å². The minimum atomic E-state index is -0.728. The standard InChI is InChI=1S/C22H24N2O6/c1-13-17(20(23)26)18-15(30-13)5-6-16(19(18)22(11-25)7-9-28-12-22)29-10-14-4-3-8-24-21(14)27-2/h3-6,8,25H,7,9-12H2,1-2H3,(H2,23,26). The van der Waals surface area contributed by atoms with Gasteiger partial charge in [-0.05, 0) is 37.6 Å². The van der Waals surface area contributed by atoms with Crippen molar-refractivity contribution in [3.8, 4) is 11.6 Å². The molecule has 4 rings (SSSR count). The number of aliphatic hydroxyl groups excluding tert-OH is 1. The van der Waals surface area contributed by atoms with Crippen LogP contribution in [-0.4, -0.2) is 42.9 Å². The van der Waals surface area contributed by atoms with Crippen LogP contribution in [0.15, 0.2) is 34.9 Å². The number of primary amides is 1. The van der Waals surface area contributed by atoms with Crippen LogP contribution in [0.3, 0.4) is 0 Å². The van der Waals surface area contributed by atoms with E-state index >= 15 is 0 Å². The second-order valence-corrected chi connectivity index (χ2v) is 7.41. The molecule has 0 radical (unpaired) electrons. The second-order valence-electron chi connectivity index (χ2n) is 7.41. The highest BCUT2D eigenvalue weighted by molar-refractivity contribution is 6.08. The van der Waals surface area contributed by atoms with Gasteiger partial charge in [-0.1, -0.05) is 0 Å². The Morgan fingerprint density at radius 3 is 2.87 bits per heavy atom. The SMILES string of the molecule is COc1ncccc1COc1ccc2oc(C)c(C(N)=O)c2c1C1(CO)CCOC1. The van der Waals surface area contributed by atoms with Gasteiger partial charge < -0.3 is 29.5 Å². The largest absolute Gasteiger partial charge is 0.488 e. The Kier molecular flexibility index (Phi) is 5.36. The zero-order valence-electron chi connectivity index (χ0n) is 16.9. The smallest absolute Gasteiger partial charge is 0.252 e. The Morgan fingerprint density at radius 1 is 1.37 bits per heavy atom.